The van der Waals surface area contributed by atoms with Gasteiger partial charge >= 0.3 is 0 Å². The van der Waals surface area contributed by atoms with E-state index < -0.39 is 17.6 Å². The van der Waals surface area contributed by atoms with Gasteiger partial charge in [-0.2, -0.15) is 5.10 Å². The summed E-state index contributed by atoms with van der Waals surface area (Å²) in [6.07, 6.45) is 1.88. The van der Waals surface area contributed by atoms with Gasteiger partial charge in [-0.05, 0) is 51.6 Å². The van der Waals surface area contributed by atoms with Crippen molar-refractivity contribution in [3.63, 3.8) is 0 Å². The number of aldehydes is 1. The Bertz CT molecular complexity index is 1020. The highest BCUT2D eigenvalue weighted by Crippen LogP contribution is 2.33. The fourth-order valence-corrected chi connectivity index (χ4v) is 3.50. The van der Waals surface area contributed by atoms with Gasteiger partial charge < -0.3 is 20.8 Å². The van der Waals surface area contributed by atoms with Crippen LogP contribution in [0.5, 0.6) is 0 Å². The van der Waals surface area contributed by atoms with Crippen LogP contribution in [0, 0.1) is 11.8 Å². The van der Waals surface area contributed by atoms with Gasteiger partial charge in [0.2, 0.25) is 0 Å². The summed E-state index contributed by atoms with van der Waals surface area (Å²) in [7, 11) is 3.70. The molecular weight excluding hydrogens is 384 g/mol. The Hall–Kier alpha value is -2.99. The second kappa shape index (κ2) is 8.79. The van der Waals surface area contributed by atoms with Gasteiger partial charge in [-0.3, -0.25) is 9.59 Å². The topological polar surface area (TPSA) is 122 Å². The maximum absolute atomic E-state index is 11.8. The Balaban J connectivity index is 1.97. The molecule has 1 aromatic heterocycles. The molecule has 0 fully saturated rings. The average molecular weight is 410 g/mol. The first-order valence-electron chi connectivity index (χ1n) is 9.81. The van der Waals surface area contributed by atoms with E-state index in [9.17, 15) is 19.8 Å². The fourth-order valence-electron chi connectivity index (χ4n) is 3.50. The highest BCUT2D eigenvalue weighted by molar-refractivity contribution is 5.93. The zero-order chi connectivity index (χ0) is 21.9. The predicted molar refractivity (Wildman–Crippen MR) is 111 cm³/mol. The molecule has 1 aromatic carbocycles. The highest BCUT2D eigenvalue weighted by Gasteiger charge is 2.30. The number of carbonyl (C=O) groups is 2. The molecule has 0 saturated carbocycles. The van der Waals surface area contributed by atoms with E-state index >= 15 is 0 Å². The van der Waals surface area contributed by atoms with E-state index in [0.717, 1.165) is 12.1 Å². The number of amides is 1. The summed E-state index contributed by atoms with van der Waals surface area (Å²) in [5, 5.41) is 25.1. The Morgan fingerprint density at radius 1 is 1.47 bits per heavy atom. The monoisotopic (exact) mass is 410 g/mol. The van der Waals surface area contributed by atoms with Crippen molar-refractivity contribution in [3.05, 3.63) is 46.8 Å². The van der Waals surface area contributed by atoms with Crippen LogP contribution in [0.25, 0.3) is 5.69 Å². The number of aromatic nitrogens is 2. The lowest BCUT2D eigenvalue weighted by molar-refractivity contribution is -0.119. The fraction of sp³-hybridized carbons (Fsp3) is 0.409. The summed E-state index contributed by atoms with van der Waals surface area (Å²) in [6, 6.07) is 7.09. The van der Waals surface area contributed by atoms with Gasteiger partial charge in [-0.1, -0.05) is 17.9 Å². The third kappa shape index (κ3) is 4.60. The SMILES string of the molecule is CN(C)CC[C@@](O)(C#Cc1cccc(-n2nc(C(N)=O)c3c2CCC[C@@H]3O)c1)C=O. The molecule has 0 spiro atoms. The number of nitrogens with zero attached hydrogens (tertiary/aromatic N) is 3. The van der Waals surface area contributed by atoms with E-state index in [4.69, 9.17) is 5.73 Å². The largest absolute Gasteiger partial charge is 0.388 e. The lowest BCUT2D eigenvalue weighted by Crippen LogP contribution is -2.33. The number of aliphatic hydroxyl groups excluding tert-OH is 1. The summed E-state index contributed by atoms with van der Waals surface area (Å²) < 4.78 is 1.61. The molecule has 30 heavy (non-hydrogen) atoms. The molecule has 0 saturated heterocycles. The molecule has 2 aromatic rings. The van der Waals surface area contributed by atoms with Crippen LogP contribution >= 0.6 is 0 Å². The van der Waals surface area contributed by atoms with E-state index in [1.165, 1.54) is 0 Å². The molecule has 8 heteroatoms. The first-order chi connectivity index (χ1) is 14.2. The maximum Gasteiger partial charge on any atom is 0.269 e. The highest BCUT2D eigenvalue weighted by atomic mass is 16.3. The van der Waals surface area contributed by atoms with Crippen molar-refractivity contribution in [2.24, 2.45) is 5.73 Å². The van der Waals surface area contributed by atoms with Crippen molar-refractivity contribution in [1.82, 2.24) is 14.7 Å². The first-order valence-corrected chi connectivity index (χ1v) is 9.81. The number of aliphatic hydroxyl groups is 2. The van der Waals surface area contributed by atoms with Crippen LogP contribution in [0.1, 0.15) is 52.7 Å². The van der Waals surface area contributed by atoms with Crippen LogP contribution in [0.2, 0.25) is 0 Å². The second-order valence-electron chi connectivity index (χ2n) is 7.79. The lowest BCUT2D eigenvalue weighted by atomic mass is 9.92. The summed E-state index contributed by atoms with van der Waals surface area (Å²) in [4.78, 5) is 25.1. The van der Waals surface area contributed by atoms with Crippen LogP contribution in [-0.4, -0.2) is 63.3 Å². The molecule has 2 atom stereocenters. The molecular formula is C22H26N4O4. The van der Waals surface area contributed by atoms with E-state index in [1.54, 1.807) is 22.9 Å². The average Bonchev–Trinajstić information content (AvgIpc) is 3.12. The number of primary amides is 1. The molecule has 3 rings (SSSR count). The van der Waals surface area contributed by atoms with Crippen LogP contribution in [-0.2, 0) is 11.2 Å². The Morgan fingerprint density at radius 2 is 2.23 bits per heavy atom. The minimum absolute atomic E-state index is 0.0766. The molecule has 1 amide bonds. The minimum atomic E-state index is -1.73. The number of carbonyl (C=O) groups excluding carboxylic acids is 2. The number of hydrogen-bond acceptors (Lipinski definition) is 6. The smallest absolute Gasteiger partial charge is 0.269 e. The lowest BCUT2D eigenvalue weighted by Gasteiger charge is -2.19. The van der Waals surface area contributed by atoms with Crippen LogP contribution < -0.4 is 5.73 Å². The van der Waals surface area contributed by atoms with Crippen LogP contribution in [0.3, 0.4) is 0 Å². The molecule has 0 bridgehead atoms. The third-order valence-electron chi connectivity index (χ3n) is 5.13. The van der Waals surface area contributed by atoms with Gasteiger partial charge in [-0.25, -0.2) is 4.68 Å². The molecule has 0 aliphatic heterocycles. The van der Waals surface area contributed by atoms with Gasteiger partial charge in [0.15, 0.2) is 17.6 Å². The number of benzene rings is 1. The second-order valence-corrected chi connectivity index (χ2v) is 7.79. The summed E-state index contributed by atoms with van der Waals surface area (Å²) in [5.41, 5.74) is 6.30. The van der Waals surface area contributed by atoms with Crippen molar-refractivity contribution >= 4 is 12.2 Å². The zero-order valence-corrected chi connectivity index (χ0v) is 17.1. The van der Waals surface area contributed by atoms with E-state index in [0.29, 0.717) is 42.5 Å². The van der Waals surface area contributed by atoms with Crippen molar-refractivity contribution < 1.29 is 19.8 Å². The van der Waals surface area contributed by atoms with Crippen molar-refractivity contribution in [2.75, 3.05) is 20.6 Å². The van der Waals surface area contributed by atoms with Gasteiger partial charge in [-0.15, -0.1) is 0 Å². The zero-order valence-electron chi connectivity index (χ0n) is 17.1. The van der Waals surface area contributed by atoms with Gasteiger partial charge in [0, 0.05) is 24.1 Å². The summed E-state index contributed by atoms with van der Waals surface area (Å²) in [6.45, 7) is 0.515. The van der Waals surface area contributed by atoms with Gasteiger partial charge in [0.05, 0.1) is 17.5 Å². The molecule has 1 aliphatic rings. The molecule has 158 valence electrons. The van der Waals surface area contributed by atoms with Gasteiger partial charge in [0.1, 0.15) is 0 Å². The van der Waals surface area contributed by atoms with Crippen molar-refractivity contribution in [1.29, 1.82) is 0 Å². The summed E-state index contributed by atoms with van der Waals surface area (Å²) in [5.74, 6) is 4.83. The van der Waals surface area contributed by atoms with Crippen molar-refractivity contribution in [3.8, 4) is 17.5 Å². The van der Waals surface area contributed by atoms with E-state index in [-0.39, 0.29) is 12.1 Å². The first kappa shape index (κ1) is 21.7. The van der Waals surface area contributed by atoms with Crippen molar-refractivity contribution in [2.45, 2.75) is 37.4 Å². The number of rotatable bonds is 6. The third-order valence-corrected chi connectivity index (χ3v) is 5.13. The van der Waals surface area contributed by atoms with E-state index in [2.05, 4.69) is 16.9 Å². The number of hydrogen-bond donors (Lipinski definition) is 3. The molecule has 0 unspecified atom stereocenters. The molecule has 1 heterocycles. The Kier molecular flexibility index (Phi) is 6.37. The normalized spacial score (nSPS) is 17.6. The number of nitrogens with two attached hydrogens (primary N) is 1. The molecule has 4 N–H and O–H groups in total. The predicted octanol–water partition coefficient (Wildman–Crippen LogP) is 0.574. The Morgan fingerprint density at radius 3 is 2.90 bits per heavy atom. The maximum atomic E-state index is 11.8. The standard InChI is InChI=1S/C22H26N4O4/c1-25(2)12-11-22(30,14-27)10-9-15-5-3-6-16(13-15)26-17-7-4-8-18(28)19(17)20(24-26)21(23)29/h3,5-6,13-14,18,28,30H,4,7-8,11-12H2,1-2H3,(H2,23,29)/t18-,22-/m0/s1. The molecule has 1 aliphatic carbocycles. The minimum Gasteiger partial charge on any atom is -0.388 e. The summed E-state index contributed by atoms with van der Waals surface area (Å²) >= 11 is 0. The molecule has 0 radical (unpaired) electrons. The van der Waals surface area contributed by atoms with Gasteiger partial charge in [0.25, 0.3) is 5.91 Å². The van der Waals surface area contributed by atoms with E-state index in [1.807, 2.05) is 25.1 Å². The van der Waals surface area contributed by atoms with Crippen LogP contribution in [0.4, 0.5) is 0 Å². The Labute approximate surface area is 175 Å². The quantitative estimate of drug-likeness (QED) is 0.473. The molecule has 8 nitrogen and oxygen atoms in total. The number of fused-ring (bicyclic) bond motifs is 1. The van der Waals surface area contributed by atoms with Crippen LogP contribution in [0.15, 0.2) is 24.3 Å².